The molecule has 7 nitrogen and oxygen atoms in total. The SMILES string of the molecule is CC(C)c1nnc(SCC(=O)Nc2cc(C(C)(C)C)no2)n1C1CC1. The van der Waals surface area contributed by atoms with Gasteiger partial charge in [0.2, 0.25) is 11.8 Å². The van der Waals surface area contributed by atoms with Gasteiger partial charge in [0, 0.05) is 23.4 Å². The minimum atomic E-state index is -0.141. The highest BCUT2D eigenvalue weighted by atomic mass is 32.2. The summed E-state index contributed by atoms with van der Waals surface area (Å²) in [6.45, 7) is 10.4. The molecule has 0 spiro atoms. The maximum atomic E-state index is 12.2. The lowest BCUT2D eigenvalue weighted by molar-refractivity contribution is -0.113. The van der Waals surface area contributed by atoms with Crippen molar-refractivity contribution in [1.29, 1.82) is 0 Å². The van der Waals surface area contributed by atoms with Crippen LogP contribution in [0.2, 0.25) is 0 Å². The zero-order chi connectivity index (χ0) is 18.2. The van der Waals surface area contributed by atoms with Crippen LogP contribution in [0.4, 0.5) is 5.88 Å². The number of thioether (sulfide) groups is 1. The van der Waals surface area contributed by atoms with Crippen LogP contribution >= 0.6 is 11.8 Å². The van der Waals surface area contributed by atoms with Crippen LogP contribution in [-0.2, 0) is 10.2 Å². The van der Waals surface area contributed by atoms with E-state index in [0.717, 1.165) is 29.5 Å². The number of nitrogens with one attached hydrogen (secondary N) is 1. The molecule has 1 amide bonds. The summed E-state index contributed by atoms with van der Waals surface area (Å²) in [6, 6.07) is 2.26. The summed E-state index contributed by atoms with van der Waals surface area (Å²) in [5, 5.41) is 16.1. The molecule has 2 aromatic heterocycles. The van der Waals surface area contributed by atoms with E-state index >= 15 is 0 Å². The average Bonchev–Trinajstić information content (AvgIpc) is 3.07. The van der Waals surface area contributed by atoms with Gasteiger partial charge in [-0.05, 0) is 12.8 Å². The van der Waals surface area contributed by atoms with E-state index in [1.165, 1.54) is 11.8 Å². The Morgan fingerprint density at radius 2 is 2.12 bits per heavy atom. The smallest absolute Gasteiger partial charge is 0.237 e. The molecule has 0 unspecified atom stereocenters. The first-order valence-corrected chi connectivity index (χ1v) is 9.59. The van der Waals surface area contributed by atoms with E-state index in [1.54, 1.807) is 6.07 Å². The van der Waals surface area contributed by atoms with E-state index in [-0.39, 0.29) is 17.1 Å². The molecular weight excluding hydrogens is 338 g/mol. The van der Waals surface area contributed by atoms with Crippen molar-refractivity contribution in [3.63, 3.8) is 0 Å². The fourth-order valence-electron chi connectivity index (χ4n) is 2.45. The molecule has 1 aliphatic carbocycles. The quantitative estimate of drug-likeness (QED) is 0.787. The molecule has 3 rings (SSSR count). The van der Waals surface area contributed by atoms with E-state index in [4.69, 9.17) is 4.52 Å². The molecule has 2 heterocycles. The van der Waals surface area contributed by atoms with Gasteiger partial charge in [0.25, 0.3) is 0 Å². The van der Waals surface area contributed by atoms with E-state index in [0.29, 0.717) is 17.8 Å². The Labute approximate surface area is 151 Å². The first-order valence-electron chi connectivity index (χ1n) is 8.60. The fourth-order valence-corrected chi connectivity index (χ4v) is 3.26. The van der Waals surface area contributed by atoms with Crippen molar-refractivity contribution >= 4 is 23.6 Å². The van der Waals surface area contributed by atoms with Gasteiger partial charge in [0.15, 0.2) is 5.16 Å². The summed E-state index contributed by atoms with van der Waals surface area (Å²) in [5.74, 6) is 1.81. The minimum absolute atomic E-state index is 0.116. The first kappa shape index (κ1) is 18.0. The number of carbonyl (C=O) groups is 1. The van der Waals surface area contributed by atoms with E-state index in [2.05, 4.69) is 39.1 Å². The van der Waals surface area contributed by atoms with Crippen molar-refractivity contribution in [1.82, 2.24) is 19.9 Å². The van der Waals surface area contributed by atoms with Crippen molar-refractivity contribution in [2.45, 2.75) is 70.0 Å². The van der Waals surface area contributed by atoms with Crippen LogP contribution < -0.4 is 5.32 Å². The molecule has 1 saturated carbocycles. The highest BCUT2D eigenvalue weighted by Gasteiger charge is 2.30. The average molecular weight is 363 g/mol. The van der Waals surface area contributed by atoms with Crippen LogP contribution in [0.5, 0.6) is 0 Å². The van der Waals surface area contributed by atoms with Crippen molar-refractivity contribution in [3.8, 4) is 0 Å². The number of hydrogen-bond donors (Lipinski definition) is 1. The van der Waals surface area contributed by atoms with Crippen molar-refractivity contribution in [2.24, 2.45) is 0 Å². The monoisotopic (exact) mass is 363 g/mol. The maximum Gasteiger partial charge on any atom is 0.237 e. The zero-order valence-corrected chi connectivity index (χ0v) is 16.2. The van der Waals surface area contributed by atoms with Crippen molar-refractivity contribution in [2.75, 3.05) is 11.1 Å². The third kappa shape index (κ3) is 4.23. The molecule has 8 heteroatoms. The van der Waals surface area contributed by atoms with Crippen LogP contribution in [0.25, 0.3) is 0 Å². The second-order valence-electron chi connectivity index (χ2n) is 7.76. The van der Waals surface area contributed by atoms with Gasteiger partial charge in [-0.25, -0.2) is 0 Å². The van der Waals surface area contributed by atoms with Gasteiger partial charge >= 0.3 is 0 Å². The number of amides is 1. The Morgan fingerprint density at radius 1 is 1.40 bits per heavy atom. The molecule has 1 N–H and O–H groups in total. The summed E-state index contributed by atoms with van der Waals surface area (Å²) < 4.78 is 7.39. The number of hydrogen-bond acceptors (Lipinski definition) is 6. The second-order valence-corrected chi connectivity index (χ2v) is 8.70. The largest absolute Gasteiger partial charge is 0.338 e. The van der Waals surface area contributed by atoms with Crippen molar-refractivity contribution in [3.05, 3.63) is 17.6 Å². The Balaban J connectivity index is 1.60. The predicted molar refractivity (Wildman–Crippen MR) is 96.9 cm³/mol. The van der Waals surface area contributed by atoms with Crippen LogP contribution in [0, 0.1) is 0 Å². The summed E-state index contributed by atoms with van der Waals surface area (Å²) in [6.07, 6.45) is 2.32. The van der Waals surface area contributed by atoms with Crippen molar-refractivity contribution < 1.29 is 9.32 Å². The highest BCUT2D eigenvalue weighted by molar-refractivity contribution is 7.99. The Morgan fingerprint density at radius 3 is 2.68 bits per heavy atom. The molecule has 1 fully saturated rings. The number of carbonyl (C=O) groups excluding carboxylic acids is 1. The molecular formula is C17H25N5O2S. The Hall–Kier alpha value is -1.83. The number of nitrogens with zero attached hydrogens (tertiary/aromatic N) is 4. The molecule has 0 saturated heterocycles. The number of rotatable bonds is 6. The predicted octanol–water partition coefficient (Wildman–Crippen LogP) is 3.75. The lowest BCUT2D eigenvalue weighted by atomic mass is 9.92. The highest BCUT2D eigenvalue weighted by Crippen LogP contribution is 2.40. The van der Waals surface area contributed by atoms with Crippen LogP contribution in [0.1, 0.15) is 70.9 Å². The molecule has 2 aromatic rings. The molecule has 0 radical (unpaired) electrons. The van der Waals surface area contributed by atoms with E-state index in [9.17, 15) is 4.79 Å². The van der Waals surface area contributed by atoms with E-state index in [1.807, 2.05) is 20.8 Å². The van der Waals surface area contributed by atoms with Gasteiger partial charge in [0.1, 0.15) is 5.82 Å². The maximum absolute atomic E-state index is 12.2. The molecule has 0 aliphatic heterocycles. The van der Waals surface area contributed by atoms with E-state index < -0.39 is 0 Å². The van der Waals surface area contributed by atoms with Gasteiger partial charge in [-0.1, -0.05) is 51.5 Å². The summed E-state index contributed by atoms with van der Waals surface area (Å²) >= 11 is 1.41. The molecule has 0 bridgehead atoms. The van der Waals surface area contributed by atoms with Crippen LogP contribution in [-0.4, -0.2) is 31.6 Å². The Kier molecular flexibility index (Phi) is 4.90. The molecule has 0 aromatic carbocycles. The topological polar surface area (TPSA) is 85.8 Å². The third-order valence-corrected chi connectivity index (χ3v) is 4.94. The van der Waals surface area contributed by atoms with Gasteiger partial charge in [-0.3, -0.25) is 10.1 Å². The molecule has 136 valence electrons. The lowest BCUT2D eigenvalue weighted by Gasteiger charge is -2.12. The van der Waals surface area contributed by atoms with Crippen LogP contribution in [0.3, 0.4) is 0 Å². The van der Waals surface area contributed by atoms with Gasteiger partial charge in [-0.15, -0.1) is 10.2 Å². The molecule has 25 heavy (non-hydrogen) atoms. The number of anilines is 1. The summed E-state index contributed by atoms with van der Waals surface area (Å²) in [4.78, 5) is 12.2. The molecule has 0 atom stereocenters. The van der Waals surface area contributed by atoms with Gasteiger partial charge in [-0.2, -0.15) is 0 Å². The zero-order valence-electron chi connectivity index (χ0n) is 15.4. The fraction of sp³-hybridized carbons (Fsp3) is 0.647. The first-order chi connectivity index (χ1) is 11.8. The van der Waals surface area contributed by atoms with Gasteiger partial charge in [0.05, 0.1) is 11.4 Å². The summed E-state index contributed by atoms with van der Waals surface area (Å²) in [7, 11) is 0. The standard InChI is InChI=1S/C17H25N5O2S/c1-10(2)15-19-20-16(22(15)11-6-7-11)25-9-13(23)18-14-8-12(21-24-14)17(3,4)5/h8,10-11H,6-7,9H2,1-5H3,(H,18,23). The summed E-state index contributed by atoms with van der Waals surface area (Å²) in [5.41, 5.74) is 0.695. The normalized spacial score (nSPS) is 15.0. The van der Waals surface area contributed by atoms with Crippen LogP contribution in [0.15, 0.2) is 15.7 Å². The second kappa shape index (κ2) is 6.82. The third-order valence-electron chi connectivity index (χ3n) is 3.99. The lowest BCUT2D eigenvalue weighted by Crippen LogP contribution is -2.15. The van der Waals surface area contributed by atoms with Gasteiger partial charge < -0.3 is 9.09 Å². The molecule has 1 aliphatic rings. The number of aromatic nitrogens is 4. The Bertz CT molecular complexity index is 755. The minimum Gasteiger partial charge on any atom is -0.338 e.